The smallest absolute Gasteiger partial charge is 0.342 e. The van der Waals surface area contributed by atoms with Gasteiger partial charge in [0.1, 0.15) is 0 Å². The predicted octanol–water partition coefficient (Wildman–Crippen LogP) is 3.56. The lowest BCUT2D eigenvalue weighted by molar-refractivity contribution is -0.137. The van der Waals surface area contributed by atoms with E-state index in [-0.39, 0.29) is 23.2 Å². The molecular formula is C15H16ClF3N2O2. The van der Waals surface area contributed by atoms with E-state index in [9.17, 15) is 22.8 Å². The van der Waals surface area contributed by atoms with Crippen molar-refractivity contribution >= 4 is 29.1 Å². The number of hydrogen-bond donors (Lipinski definition) is 1. The Morgan fingerprint density at radius 3 is 2.65 bits per heavy atom. The summed E-state index contributed by atoms with van der Waals surface area (Å²) in [5, 5.41) is 2.26. The molecule has 1 aliphatic rings. The van der Waals surface area contributed by atoms with E-state index in [2.05, 4.69) is 5.32 Å². The average Bonchev–Trinajstić information content (AvgIpc) is 2.48. The first-order valence-corrected chi connectivity index (χ1v) is 7.49. The Balaban J connectivity index is 2.16. The molecule has 1 fully saturated rings. The van der Waals surface area contributed by atoms with Crippen molar-refractivity contribution in [2.75, 3.05) is 18.4 Å². The molecule has 0 saturated carbocycles. The van der Waals surface area contributed by atoms with Gasteiger partial charge in [-0.05, 0) is 31.0 Å². The van der Waals surface area contributed by atoms with Crippen LogP contribution in [0.5, 0.6) is 0 Å². The maximum absolute atomic E-state index is 13.0. The van der Waals surface area contributed by atoms with Crippen molar-refractivity contribution in [1.29, 1.82) is 0 Å². The summed E-state index contributed by atoms with van der Waals surface area (Å²) in [6.07, 6.45) is -3.44. The van der Waals surface area contributed by atoms with Crippen LogP contribution < -0.4 is 5.32 Å². The van der Waals surface area contributed by atoms with Crippen molar-refractivity contribution in [3.63, 3.8) is 0 Å². The highest BCUT2D eigenvalue weighted by atomic mass is 35.5. The quantitative estimate of drug-likeness (QED) is 0.888. The first-order valence-electron chi connectivity index (χ1n) is 7.11. The number of alkyl halides is 3. The van der Waals surface area contributed by atoms with Gasteiger partial charge in [0.15, 0.2) is 0 Å². The number of anilines is 1. The molecule has 8 heteroatoms. The van der Waals surface area contributed by atoms with Crippen LogP contribution in [-0.2, 0) is 15.8 Å². The molecule has 0 aromatic heterocycles. The van der Waals surface area contributed by atoms with E-state index < -0.39 is 23.6 Å². The Morgan fingerprint density at radius 1 is 1.35 bits per heavy atom. The summed E-state index contributed by atoms with van der Waals surface area (Å²) in [5.41, 5.74) is -1.32. The van der Waals surface area contributed by atoms with Crippen LogP contribution in [0.4, 0.5) is 18.9 Å². The summed E-state index contributed by atoms with van der Waals surface area (Å²) < 4.78 is 39.1. The molecule has 0 spiro atoms. The molecule has 1 saturated heterocycles. The molecule has 1 aromatic carbocycles. The van der Waals surface area contributed by atoms with Crippen LogP contribution in [0.3, 0.4) is 0 Å². The van der Waals surface area contributed by atoms with Gasteiger partial charge in [0, 0.05) is 25.0 Å². The zero-order valence-corrected chi connectivity index (χ0v) is 13.2. The standard InChI is InChI=1S/C15H16ClF3N2O2/c1-9(22)21-6-2-3-10(8-21)14(23)20-13-5-4-11(16)7-12(13)15(17,18)19/h4-5,7,10H,2-3,6,8H2,1H3,(H,20,23). The number of likely N-dealkylation sites (tertiary alicyclic amines) is 1. The first kappa shape index (κ1) is 17.6. The van der Waals surface area contributed by atoms with Gasteiger partial charge < -0.3 is 10.2 Å². The number of benzene rings is 1. The maximum atomic E-state index is 13.0. The molecule has 1 N–H and O–H groups in total. The van der Waals surface area contributed by atoms with Gasteiger partial charge in [-0.3, -0.25) is 9.59 Å². The molecule has 4 nitrogen and oxygen atoms in total. The number of amides is 2. The number of halogens is 4. The molecule has 2 rings (SSSR count). The number of hydrogen-bond acceptors (Lipinski definition) is 2. The van der Waals surface area contributed by atoms with Gasteiger partial charge in [0.25, 0.3) is 0 Å². The van der Waals surface area contributed by atoms with Crippen LogP contribution in [0.15, 0.2) is 18.2 Å². The summed E-state index contributed by atoms with van der Waals surface area (Å²) in [4.78, 5) is 25.2. The molecule has 1 aromatic rings. The van der Waals surface area contributed by atoms with E-state index in [0.29, 0.717) is 19.4 Å². The highest BCUT2D eigenvalue weighted by Crippen LogP contribution is 2.36. The second kappa shape index (κ2) is 6.78. The third kappa shape index (κ3) is 4.37. The summed E-state index contributed by atoms with van der Waals surface area (Å²) >= 11 is 5.61. The third-order valence-electron chi connectivity index (χ3n) is 3.78. The number of rotatable bonds is 2. The molecule has 1 heterocycles. The minimum Gasteiger partial charge on any atom is -0.342 e. The van der Waals surface area contributed by atoms with Gasteiger partial charge in [-0.15, -0.1) is 0 Å². The number of carbonyl (C=O) groups is 2. The van der Waals surface area contributed by atoms with E-state index in [1.807, 2.05) is 0 Å². The molecule has 1 atom stereocenters. The first-order chi connectivity index (χ1) is 10.7. The SMILES string of the molecule is CC(=O)N1CCCC(C(=O)Nc2ccc(Cl)cc2C(F)(F)F)C1. The van der Waals surface area contributed by atoms with E-state index >= 15 is 0 Å². The summed E-state index contributed by atoms with van der Waals surface area (Å²) in [7, 11) is 0. The highest BCUT2D eigenvalue weighted by molar-refractivity contribution is 6.30. The number of piperidine rings is 1. The van der Waals surface area contributed by atoms with Gasteiger partial charge in [-0.1, -0.05) is 11.6 Å². The number of nitrogens with one attached hydrogen (secondary N) is 1. The molecule has 23 heavy (non-hydrogen) atoms. The van der Waals surface area contributed by atoms with Crippen LogP contribution in [0, 0.1) is 5.92 Å². The zero-order chi connectivity index (χ0) is 17.2. The predicted molar refractivity (Wildman–Crippen MR) is 80.1 cm³/mol. The molecule has 1 unspecified atom stereocenters. The minimum atomic E-state index is -4.62. The monoisotopic (exact) mass is 348 g/mol. The average molecular weight is 349 g/mol. The number of nitrogens with zero attached hydrogens (tertiary/aromatic N) is 1. The zero-order valence-electron chi connectivity index (χ0n) is 12.4. The highest BCUT2D eigenvalue weighted by Gasteiger charge is 2.35. The molecule has 2 amide bonds. The van der Waals surface area contributed by atoms with Gasteiger partial charge >= 0.3 is 6.18 Å². The second-order valence-corrected chi connectivity index (χ2v) is 5.92. The van der Waals surface area contributed by atoms with Crippen molar-refractivity contribution in [1.82, 2.24) is 4.90 Å². The van der Waals surface area contributed by atoms with E-state index in [1.165, 1.54) is 17.9 Å². The fraction of sp³-hybridized carbons (Fsp3) is 0.467. The van der Waals surface area contributed by atoms with Crippen molar-refractivity contribution in [2.24, 2.45) is 5.92 Å². The molecule has 0 aliphatic carbocycles. The number of carbonyl (C=O) groups excluding carboxylic acids is 2. The summed E-state index contributed by atoms with van der Waals surface area (Å²) in [5.74, 6) is -1.20. The lowest BCUT2D eigenvalue weighted by atomic mass is 9.97. The topological polar surface area (TPSA) is 49.4 Å². The molecule has 126 valence electrons. The van der Waals surface area contributed by atoms with E-state index in [1.54, 1.807) is 0 Å². The summed E-state index contributed by atoms with van der Waals surface area (Å²) in [6, 6.07) is 3.20. The fourth-order valence-electron chi connectivity index (χ4n) is 2.57. The van der Waals surface area contributed by atoms with Gasteiger partial charge in [-0.2, -0.15) is 13.2 Å². The summed E-state index contributed by atoms with van der Waals surface area (Å²) in [6.45, 7) is 2.19. The van der Waals surface area contributed by atoms with Gasteiger partial charge in [-0.25, -0.2) is 0 Å². The second-order valence-electron chi connectivity index (χ2n) is 5.48. The molecular weight excluding hydrogens is 333 g/mol. The third-order valence-corrected chi connectivity index (χ3v) is 4.02. The normalized spacial score (nSPS) is 18.7. The molecule has 0 bridgehead atoms. The lowest BCUT2D eigenvalue weighted by Crippen LogP contribution is -2.42. The Kier molecular flexibility index (Phi) is 5.19. The minimum absolute atomic E-state index is 0.0595. The largest absolute Gasteiger partial charge is 0.418 e. The Hall–Kier alpha value is -1.76. The Bertz CT molecular complexity index is 619. The van der Waals surface area contributed by atoms with Crippen molar-refractivity contribution < 1.29 is 22.8 Å². The van der Waals surface area contributed by atoms with E-state index in [0.717, 1.165) is 12.1 Å². The van der Waals surface area contributed by atoms with Gasteiger partial charge in [0.05, 0.1) is 17.2 Å². The van der Waals surface area contributed by atoms with E-state index in [4.69, 9.17) is 11.6 Å². The van der Waals surface area contributed by atoms with Crippen molar-refractivity contribution in [3.05, 3.63) is 28.8 Å². The lowest BCUT2D eigenvalue weighted by Gasteiger charge is -2.31. The molecule has 1 aliphatic heterocycles. The van der Waals surface area contributed by atoms with Crippen LogP contribution in [0.1, 0.15) is 25.3 Å². The Morgan fingerprint density at radius 2 is 2.04 bits per heavy atom. The molecule has 0 radical (unpaired) electrons. The maximum Gasteiger partial charge on any atom is 0.418 e. The van der Waals surface area contributed by atoms with Crippen molar-refractivity contribution in [3.8, 4) is 0 Å². The van der Waals surface area contributed by atoms with Crippen molar-refractivity contribution in [2.45, 2.75) is 25.9 Å². The fourth-order valence-corrected chi connectivity index (χ4v) is 2.74. The Labute approximate surface area is 136 Å². The van der Waals surface area contributed by atoms with Crippen LogP contribution in [-0.4, -0.2) is 29.8 Å². The van der Waals surface area contributed by atoms with Crippen LogP contribution in [0.25, 0.3) is 0 Å². The van der Waals surface area contributed by atoms with Gasteiger partial charge in [0.2, 0.25) is 11.8 Å². The van der Waals surface area contributed by atoms with Crippen LogP contribution in [0.2, 0.25) is 5.02 Å². The van der Waals surface area contributed by atoms with Crippen LogP contribution >= 0.6 is 11.6 Å².